The highest BCUT2D eigenvalue weighted by Gasteiger charge is 2.08. The van der Waals surface area contributed by atoms with E-state index in [4.69, 9.17) is 5.41 Å². The zero-order valence-electron chi connectivity index (χ0n) is 11.6. The first-order valence-electron chi connectivity index (χ1n) is 6.28. The van der Waals surface area contributed by atoms with Gasteiger partial charge in [-0.3, -0.25) is 10.7 Å². The molecule has 0 heterocycles. The van der Waals surface area contributed by atoms with Crippen LogP contribution < -0.4 is 10.6 Å². The van der Waals surface area contributed by atoms with Crippen LogP contribution in [-0.2, 0) is 9.84 Å². The minimum absolute atomic E-state index is 0.164. The Labute approximate surface area is 119 Å². The highest BCUT2D eigenvalue weighted by molar-refractivity contribution is 7.90. The van der Waals surface area contributed by atoms with Crippen molar-refractivity contribution in [2.45, 2.75) is 31.1 Å². The number of unbranched alkanes of at least 4 members (excludes halogenated alkanes) is 1. The van der Waals surface area contributed by atoms with E-state index in [0.717, 1.165) is 19.1 Å². The van der Waals surface area contributed by atoms with E-state index < -0.39 is 15.9 Å². The molecule has 0 radical (unpaired) electrons. The predicted molar refractivity (Wildman–Crippen MR) is 79.0 cm³/mol. The fraction of sp³-hybridized carbons (Fsp3) is 0.385. The van der Waals surface area contributed by atoms with Gasteiger partial charge in [0.2, 0.25) is 0 Å². The molecule has 2 amide bonds. The zero-order chi connectivity index (χ0) is 15.2. The van der Waals surface area contributed by atoms with Gasteiger partial charge in [0, 0.05) is 18.4 Å². The molecule has 0 saturated carbocycles. The number of benzene rings is 1. The maximum Gasteiger partial charge on any atom is 0.324 e. The van der Waals surface area contributed by atoms with Crippen molar-refractivity contribution in [3.8, 4) is 0 Å². The fourth-order valence-corrected chi connectivity index (χ4v) is 2.13. The molecule has 0 spiro atoms. The molecule has 1 aromatic carbocycles. The average Bonchev–Trinajstić information content (AvgIpc) is 2.35. The third-order valence-electron chi connectivity index (χ3n) is 2.59. The largest absolute Gasteiger partial charge is 0.324 e. The maximum atomic E-state index is 11.6. The van der Waals surface area contributed by atoms with Crippen LogP contribution in [0.25, 0.3) is 0 Å². The number of urea groups is 1. The topological polar surface area (TPSA) is 99.1 Å². The third kappa shape index (κ3) is 5.40. The van der Waals surface area contributed by atoms with Crippen molar-refractivity contribution in [1.29, 1.82) is 5.41 Å². The Morgan fingerprint density at radius 2 is 1.85 bits per heavy atom. The molecule has 0 aromatic heterocycles. The van der Waals surface area contributed by atoms with Crippen molar-refractivity contribution in [2.75, 3.05) is 11.6 Å². The summed E-state index contributed by atoms with van der Waals surface area (Å²) >= 11 is 0. The molecular weight excluding hydrogens is 278 g/mol. The van der Waals surface area contributed by atoms with Crippen molar-refractivity contribution in [3.63, 3.8) is 0 Å². The summed E-state index contributed by atoms with van der Waals surface area (Å²) in [7, 11) is -3.24. The van der Waals surface area contributed by atoms with Crippen molar-refractivity contribution < 1.29 is 13.2 Å². The quantitative estimate of drug-likeness (QED) is 0.574. The van der Waals surface area contributed by atoms with Gasteiger partial charge in [-0.2, -0.15) is 0 Å². The summed E-state index contributed by atoms with van der Waals surface area (Å²) in [4.78, 5) is 11.8. The molecule has 1 aromatic rings. The van der Waals surface area contributed by atoms with Crippen LogP contribution in [0.1, 0.15) is 26.2 Å². The smallest absolute Gasteiger partial charge is 0.308 e. The minimum atomic E-state index is -3.24. The van der Waals surface area contributed by atoms with Crippen LogP contribution in [0.2, 0.25) is 0 Å². The molecule has 20 heavy (non-hydrogen) atoms. The maximum absolute atomic E-state index is 11.6. The van der Waals surface area contributed by atoms with E-state index in [1.54, 1.807) is 0 Å². The van der Waals surface area contributed by atoms with E-state index >= 15 is 0 Å². The number of amides is 2. The lowest BCUT2D eigenvalue weighted by Gasteiger charge is -2.08. The Kier molecular flexibility index (Phi) is 5.69. The number of carbonyl (C=O) groups is 1. The third-order valence-corrected chi connectivity index (χ3v) is 3.71. The predicted octanol–water partition coefficient (Wildman–Crippen LogP) is 2.38. The van der Waals surface area contributed by atoms with Gasteiger partial charge < -0.3 is 5.32 Å². The summed E-state index contributed by atoms with van der Waals surface area (Å²) in [5.41, 5.74) is 0.471. The molecule has 0 atom stereocenters. The van der Waals surface area contributed by atoms with Gasteiger partial charge in [0.1, 0.15) is 5.84 Å². The average molecular weight is 297 g/mol. The van der Waals surface area contributed by atoms with E-state index in [1.165, 1.54) is 24.3 Å². The van der Waals surface area contributed by atoms with Gasteiger partial charge in [-0.15, -0.1) is 0 Å². The summed E-state index contributed by atoms with van der Waals surface area (Å²) < 4.78 is 22.6. The standard InChI is InChI=1S/C13H19N3O3S/c1-3-4-5-12(14)16-13(17)15-10-6-8-11(9-7-10)20(2,18)19/h6-9H,3-5H2,1-2H3,(H3,14,15,16,17). The number of hydrogen-bond donors (Lipinski definition) is 3. The molecular formula is C13H19N3O3S. The molecule has 1 rings (SSSR count). The van der Waals surface area contributed by atoms with E-state index in [1.807, 2.05) is 6.92 Å². The molecule has 0 unspecified atom stereocenters. The van der Waals surface area contributed by atoms with Crippen LogP contribution in [0.15, 0.2) is 29.2 Å². The summed E-state index contributed by atoms with van der Waals surface area (Å²) in [6, 6.07) is 5.36. The van der Waals surface area contributed by atoms with Crippen LogP contribution in [0.4, 0.5) is 10.5 Å². The van der Waals surface area contributed by atoms with Crippen LogP contribution in [0.5, 0.6) is 0 Å². The highest BCUT2D eigenvalue weighted by Crippen LogP contribution is 2.13. The van der Waals surface area contributed by atoms with Crippen LogP contribution in [0.3, 0.4) is 0 Å². The number of amidine groups is 1. The highest BCUT2D eigenvalue weighted by atomic mass is 32.2. The number of hydrogen-bond acceptors (Lipinski definition) is 4. The van der Waals surface area contributed by atoms with Gasteiger partial charge in [0.15, 0.2) is 9.84 Å². The van der Waals surface area contributed by atoms with Crippen LogP contribution in [-0.4, -0.2) is 26.5 Å². The van der Waals surface area contributed by atoms with Gasteiger partial charge in [0.25, 0.3) is 0 Å². The van der Waals surface area contributed by atoms with E-state index in [-0.39, 0.29) is 10.7 Å². The second-order valence-electron chi connectivity index (χ2n) is 4.46. The Bertz CT molecular complexity index is 579. The van der Waals surface area contributed by atoms with Crippen molar-refractivity contribution in [2.24, 2.45) is 0 Å². The summed E-state index contributed by atoms with van der Waals surface area (Å²) in [5.74, 6) is 0.164. The van der Waals surface area contributed by atoms with Crippen molar-refractivity contribution >= 4 is 27.4 Å². The Hall–Kier alpha value is -1.89. The lowest BCUT2D eigenvalue weighted by atomic mass is 10.2. The summed E-state index contributed by atoms with van der Waals surface area (Å²) in [6.45, 7) is 2.01. The molecule has 7 heteroatoms. The van der Waals surface area contributed by atoms with Crippen molar-refractivity contribution in [3.05, 3.63) is 24.3 Å². The normalized spacial score (nSPS) is 10.9. The molecule has 110 valence electrons. The first kappa shape index (κ1) is 16.2. The number of rotatable bonds is 5. The molecule has 0 aliphatic rings. The Morgan fingerprint density at radius 1 is 1.25 bits per heavy atom. The lowest BCUT2D eigenvalue weighted by Crippen LogP contribution is -2.33. The monoisotopic (exact) mass is 297 g/mol. The lowest BCUT2D eigenvalue weighted by molar-refractivity contribution is 0.256. The van der Waals surface area contributed by atoms with Gasteiger partial charge in [-0.25, -0.2) is 13.2 Å². The molecule has 0 aliphatic heterocycles. The van der Waals surface area contributed by atoms with E-state index in [9.17, 15) is 13.2 Å². The number of carbonyl (C=O) groups excluding carboxylic acids is 1. The summed E-state index contributed by atoms with van der Waals surface area (Å²) in [5, 5.41) is 12.5. The molecule has 0 bridgehead atoms. The molecule has 0 aliphatic carbocycles. The Morgan fingerprint density at radius 3 is 2.35 bits per heavy atom. The Balaban J connectivity index is 2.57. The van der Waals surface area contributed by atoms with Gasteiger partial charge in [0.05, 0.1) is 4.90 Å². The number of anilines is 1. The summed E-state index contributed by atoms with van der Waals surface area (Å²) in [6.07, 6.45) is 3.45. The first-order valence-corrected chi connectivity index (χ1v) is 8.17. The van der Waals surface area contributed by atoms with Crippen molar-refractivity contribution in [1.82, 2.24) is 5.32 Å². The minimum Gasteiger partial charge on any atom is -0.308 e. The van der Waals surface area contributed by atoms with Crippen LogP contribution >= 0.6 is 0 Å². The van der Waals surface area contributed by atoms with Crippen LogP contribution in [0, 0.1) is 5.41 Å². The van der Waals surface area contributed by atoms with Gasteiger partial charge in [-0.05, 0) is 30.7 Å². The second-order valence-corrected chi connectivity index (χ2v) is 6.47. The van der Waals surface area contributed by atoms with E-state index in [2.05, 4.69) is 10.6 Å². The van der Waals surface area contributed by atoms with Gasteiger partial charge in [-0.1, -0.05) is 13.3 Å². The molecule has 0 saturated heterocycles. The van der Waals surface area contributed by atoms with Gasteiger partial charge >= 0.3 is 6.03 Å². The molecule has 6 nitrogen and oxygen atoms in total. The number of sulfone groups is 1. The van der Waals surface area contributed by atoms with E-state index in [0.29, 0.717) is 12.1 Å². The molecule has 3 N–H and O–H groups in total. The fourth-order valence-electron chi connectivity index (χ4n) is 1.50. The SMILES string of the molecule is CCCCC(=N)NC(=O)Nc1ccc(S(C)(=O)=O)cc1. The zero-order valence-corrected chi connectivity index (χ0v) is 12.4. The second kappa shape index (κ2) is 7.04. The first-order chi connectivity index (χ1) is 9.32. The molecule has 0 fully saturated rings. The number of nitrogens with one attached hydrogen (secondary N) is 3.